The van der Waals surface area contributed by atoms with Crippen molar-refractivity contribution >= 4 is 22.5 Å². The maximum Gasteiger partial charge on any atom is 0.297 e. The molecule has 0 saturated heterocycles. The second kappa shape index (κ2) is 8.66. The van der Waals surface area contributed by atoms with Crippen molar-refractivity contribution in [2.24, 2.45) is 0 Å². The number of benzene rings is 2. The molecule has 2 heterocycles. The maximum atomic E-state index is 13.2. The van der Waals surface area contributed by atoms with E-state index in [0.29, 0.717) is 34.7 Å². The Hall–Kier alpha value is -3.94. The van der Waals surface area contributed by atoms with Crippen LogP contribution >= 0.6 is 0 Å². The number of carbonyl (C=O) groups excluding carboxylic acids is 1. The molecule has 8 heteroatoms. The number of amides is 1. The lowest BCUT2D eigenvalue weighted by molar-refractivity contribution is -0.119. The van der Waals surface area contributed by atoms with Gasteiger partial charge in [0.1, 0.15) is 23.2 Å². The van der Waals surface area contributed by atoms with E-state index in [1.165, 1.54) is 4.68 Å². The molecule has 0 bridgehead atoms. The number of nitrogens with one attached hydrogen (secondary N) is 1. The number of nitrogens with zero attached hydrogens (tertiary/aromatic N) is 3. The lowest BCUT2D eigenvalue weighted by atomic mass is 10.1. The average Bonchev–Trinajstić information content (AvgIpc) is 3.18. The summed E-state index contributed by atoms with van der Waals surface area (Å²) >= 11 is 0. The monoisotopic (exact) mass is 432 g/mol. The molecular formula is C24H24N4O4. The molecule has 4 rings (SSSR count). The predicted molar refractivity (Wildman–Crippen MR) is 122 cm³/mol. The molecule has 8 nitrogen and oxygen atoms in total. The van der Waals surface area contributed by atoms with Gasteiger partial charge in [-0.05, 0) is 62.2 Å². The van der Waals surface area contributed by atoms with Gasteiger partial charge in [0.25, 0.3) is 5.56 Å². The van der Waals surface area contributed by atoms with E-state index in [1.807, 2.05) is 56.3 Å². The van der Waals surface area contributed by atoms with Crippen LogP contribution < -0.4 is 15.6 Å². The highest BCUT2D eigenvalue weighted by molar-refractivity contribution is 5.95. The molecule has 0 aliphatic heterocycles. The van der Waals surface area contributed by atoms with Crippen molar-refractivity contribution < 1.29 is 14.1 Å². The summed E-state index contributed by atoms with van der Waals surface area (Å²) in [6.45, 7) is 5.51. The molecule has 32 heavy (non-hydrogen) atoms. The molecule has 4 aromatic rings. The summed E-state index contributed by atoms with van der Waals surface area (Å²) < 4.78 is 11.8. The second-order valence-electron chi connectivity index (χ2n) is 7.57. The molecule has 1 atom stereocenters. The highest BCUT2D eigenvalue weighted by Gasteiger charge is 2.26. The van der Waals surface area contributed by atoms with Crippen LogP contribution in [0.15, 0.2) is 57.8 Å². The molecule has 2 aromatic heterocycles. The van der Waals surface area contributed by atoms with Gasteiger partial charge in [-0.15, -0.1) is 0 Å². The van der Waals surface area contributed by atoms with Crippen LogP contribution in [0, 0.1) is 13.8 Å². The summed E-state index contributed by atoms with van der Waals surface area (Å²) in [7, 11) is 1.59. The van der Waals surface area contributed by atoms with Crippen molar-refractivity contribution in [2.75, 3.05) is 12.4 Å². The predicted octanol–water partition coefficient (Wildman–Crippen LogP) is 4.27. The molecule has 2 aromatic carbocycles. The fraction of sp³-hybridized carbons (Fsp3) is 0.250. The second-order valence-corrected chi connectivity index (χ2v) is 7.57. The lowest BCUT2D eigenvalue weighted by Crippen LogP contribution is -2.35. The normalized spacial score (nSPS) is 12.0. The number of fused-ring (bicyclic) bond motifs is 1. The average molecular weight is 432 g/mol. The third kappa shape index (κ3) is 3.87. The number of ether oxygens (including phenoxy) is 1. The quantitative estimate of drug-likeness (QED) is 0.489. The minimum absolute atomic E-state index is 0.144. The van der Waals surface area contributed by atoms with Crippen molar-refractivity contribution in [3.63, 3.8) is 0 Å². The highest BCUT2D eigenvalue weighted by Crippen LogP contribution is 2.29. The third-order valence-electron chi connectivity index (χ3n) is 5.35. The van der Waals surface area contributed by atoms with E-state index in [0.717, 1.165) is 11.1 Å². The van der Waals surface area contributed by atoms with Gasteiger partial charge in [0.15, 0.2) is 5.52 Å². The number of rotatable bonds is 6. The Kier molecular flexibility index (Phi) is 5.77. The summed E-state index contributed by atoms with van der Waals surface area (Å²) in [6.07, 6.45) is 0.370. The molecule has 0 saturated carbocycles. The number of methoxy groups -OCH3 is 1. The van der Waals surface area contributed by atoms with Gasteiger partial charge in [0, 0.05) is 11.3 Å². The van der Waals surface area contributed by atoms with Gasteiger partial charge >= 0.3 is 0 Å². The zero-order valence-electron chi connectivity index (χ0n) is 18.4. The van der Waals surface area contributed by atoms with Gasteiger partial charge in [-0.3, -0.25) is 9.59 Å². The van der Waals surface area contributed by atoms with Gasteiger partial charge in [-0.25, -0.2) is 4.68 Å². The fourth-order valence-corrected chi connectivity index (χ4v) is 3.69. The van der Waals surface area contributed by atoms with Crippen molar-refractivity contribution in [3.8, 4) is 17.0 Å². The van der Waals surface area contributed by atoms with Crippen LogP contribution in [0.2, 0.25) is 0 Å². The van der Waals surface area contributed by atoms with Crippen LogP contribution in [0.5, 0.6) is 5.75 Å². The number of carbonyl (C=O) groups is 1. The van der Waals surface area contributed by atoms with E-state index < -0.39 is 11.6 Å². The summed E-state index contributed by atoms with van der Waals surface area (Å²) in [4.78, 5) is 26.3. The highest BCUT2D eigenvalue weighted by atomic mass is 16.5. The minimum atomic E-state index is -0.818. The Labute approximate surface area is 184 Å². The van der Waals surface area contributed by atoms with Crippen LogP contribution in [-0.2, 0) is 4.79 Å². The van der Waals surface area contributed by atoms with E-state index in [2.05, 4.69) is 15.6 Å². The van der Waals surface area contributed by atoms with Crippen LogP contribution in [0.4, 0.5) is 5.69 Å². The molecule has 0 radical (unpaired) electrons. The first-order valence-corrected chi connectivity index (χ1v) is 10.3. The van der Waals surface area contributed by atoms with Gasteiger partial charge in [0.05, 0.1) is 12.5 Å². The molecule has 0 aliphatic carbocycles. The summed E-state index contributed by atoms with van der Waals surface area (Å²) in [5, 5.41) is 12.0. The van der Waals surface area contributed by atoms with Crippen LogP contribution in [0.3, 0.4) is 0 Å². The van der Waals surface area contributed by atoms with E-state index in [4.69, 9.17) is 9.26 Å². The summed E-state index contributed by atoms with van der Waals surface area (Å²) in [6, 6.07) is 14.0. The number of hydrogen-bond acceptors (Lipinski definition) is 6. The minimum Gasteiger partial charge on any atom is -0.497 e. The molecule has 0 fully saturated rings. The SMILES string of the molecule is CC[C@H](C(=O)Nc1cccc(C)c1)n1nc(-c2ccc(OC)cc2)c2c(C)onc2c1=O. The summed E-state index contributed by atoms with van der Waals surface area (Å²) in [5.41, 5.74) is 2.63. The first kappa shape index (κ1) is 21.3. The van der Waals surface area contributed by atoms with Crippen molar-refractivity contribution in [2.45, 2.75) is 33.2 Å². The van der Waals surface area contributed by atoms with Crippen LogP contribution in [0.25, 0.3) is 22.2 Å². The molecule has 0 unspecified atom stereocenters. The first-order valence-electron chi connectivity index (χ1n) is 10.3. The lowest BCUT2D eigenvalue weighted by Gasteiger charge is -2.18. The molecule has 1 amide bonds. The first-order chi connectivity index (χ1) is 15.4. The molecule has 1 N–H and O–H groups in total. The number of aryl methyl sites for hydroxylation is 2. The summed E-state index contributed by atoms with van der Waals surface area (Å²) in [5.74, 6) is 0.858. The van der Waals surface area contributed by atoms with E-state index in [-0.39, 0.29) is 11.4 Å². The number of anilines is 1. The molecule has 0 spiro atoms. The smallest absolute Gasteiger partial charge is 0.297 e. The Morgan fingerprint density at radius 3 is 2.59 bits per heavy atom. The Morgan fingerprint density at radius 1 is 1.19 bits per heavy atom. The van der Waals surface area contributed by atoms with Crippen LogP contribution in [-0.4, -0.2) is 28.0 Å². The molecular weight excluding hydrogens is 408 g/mol. The van der Waals surface area contributed by atoms with Gasteiger partial charge in [-0.2, -0.15) is 5.10 Å². The Bertz CT molecular complexity index is 1340. The van der Waals surface area contributed by atoms with Crippen molar-refractivity contribution in [3.05, 3.63) is 70.2 Å². The fourth-order valence-electron chi connectivity index (χ4n) is 3.69. The number of hydrogen-bond donors (Lipinski definition) is 1. The van der Waals surface area contributed by atoms with Crippen molar-refractivity contribution in [1.29, 1.82) is 0 Å². The standard InChI is InChI=1S/C24H24N4O4/c1-5-19(23(29)25-17-8-6-7-14(2)13-17)28-24(30)22-20(15(3)32-27-22)21(26-28)16-9-11-18(31-4)12-10-16/h6-13,19H,5H2,1-4H3,(H,25,29)/t19-/m1/s1. The maximum absolute atomic E-state index is 13.2. The van der Waals surface area contributed by atoms with Gasteiger partial charge in [-0.1, -0.05) is 24.2 Å². The Balaban J connectivity index is 1.83. The van der Waals surface area contributed by atoms with E-state index in [9.17, 15) is 9.59 Å². The largest absolute Gasteiger partial charge is 0.497 e. The van der Waals surface area contributed by atoms with Crippen molar-refractivity contribution in [1.82, 2.24) is 14.9 Å². The molecule has 164 valence electrons. The zero-order chi connectivity index (χ0) is 22.8. The number of aromatic nitrogens is 3. The zero-order valence-corrected chi connectivity index (χ0v) is 18.4. The van der Waals surface area contributed by atoms with Gasteiger partial charge in [0.2, 0.25) is 5.91 Å². The third-order valence-corrected chi connectivity index (χ3v) is 5.35. The van der Waals surface area contributed by atoms with E-state index in [1.54, 1.807) is 20.1 Å². The topological polar surface area (TPSA) is 99.2 Å². The van der Waals surface area contributed by atoms with Crippen LogP contribution in [0.1, 0.15) is 30.7 Å². The Morgan fingerprint density at radius 2 is 1.94 bits per heavy atom. The van der Waals surface area contributed by atoms with E-state index >= 15 is 0 Å². The molecule has 0 aliphatic rings. The van der Waals surface area contributed by atoms with Gasteiger partial charge < -0.3 is 14.6 Å².